The molecule has 234 valence electrons. The number of fused-ring (bicyclic) bond motifs is 1. The van der Waals surface area contributed by atoms with Crippen molar-refractivity contribution in [3.05, 3.63) is 82.3 Å². The van der Waals surface area contributed by atoms with E-state index in [9.17, 15) is 19.5 Å². The summed E-state index contributed by atoms with van der Waals surface area (Å²) in [5.41, 5.74) is 0.922. The highest BCUT2D eigenvalue weighted by molar-refractivity contribution is 6.02. The molecule has 1 aromatic carbocycles. The number of aromatic nitrogens is 4. The van der Waals surface area contributed by atoms with Crippen LogP contribution in [0.25, 0.3) is 28.0 Å². The molecule has 4 heterocycles. The lowest BCUT2D eigenvalue weighted by molar-refractivity contribution is -0.126. The van der Waals surface area contributed by atoms with Crippen LogP contribution in [0.1, 0.15) is 48.3 Å². The quantitative estimate of drug-likeness (QED) is 0.323. The van der Waals surface area contributed by atoms with Crippen LogP contribution in [0.4, 0.5) is 10.2 Å². The first-order chi connectivity index (χ1) is 21.3. The molecule has 0 bridgehead atoms. The number of carbonyl (C=O) groups excluding carboxylic acids is 2. The van der Waals surface area contributed by atoms with Gasteiger partial charge in [0.15, 0.2) is 11.5 Å². The van der Waals surface area contributed by atoms with Gasteiger partial charge in [-0.1, -0.05) is 26.5 Å². The second-order valence-corrected chi connectivity index (χ2v) is 11.7. The van der Waals surface area contributed by atoms with Crippen molar-refractivity contribution in [3.63, 3.8) is 0 Å². The number of carbonyl (C=O) groups is 2. The Labute approximate surface area is 260 Å². The molecule has 1 saturated heterocycles. The van der Waals surface area contributed by atoms with Crippen LogP contribution in [0.3, 0.4) is 0 Å². The fourth-order valence-electron chi connectivity index (χ4n) is 5.80. The highest BCUT2D eigenvalue weighted by Gasteiger charge is 2.31. The van der Waals surface area contributed by atoms with Crippen molar-refractivity contribution >= 4 is 28.7 Å². The topological polar surface area (TPSA) is 125 Å². The molecule has 1 fully saturated rings. The number of hydrogen-bond acceptors (Lipinski definition) is 8. The third-order valence-corrected chi connectivity index (χ3v) is 8.03. The van der Waals surface area contributed by atoms with Crippen LogP contribution in [0.5, 0.6) is 5.75 Å². The van der Waals surface area contributed by atoms with E-state index in [1.165, 1.54) is 39.8 Å². The Bertz CT molecular complexity index is 1900. The number of pyridine rings is 2. The molecule has 11 nitrogen and oxygen atoms in total. The number of amides is 2. The lowest BCUT2D eigenvalue weighted by Crippen LogP contribution is -2.54. The van der Waals surface area contributed by atoms with Crippen LogP contribution in [0.2, 0.25) is 0 Å². The van der Waals surface area contributed by atoms with Gasteiger partial charge < -0.3 is 19.8 Å². The number of anilines is 1. The molecule has 0 aliphatic carbocycles. The maximum atomic E-state index is 16.3. The number of halogens is 1. The van der Waals surface area contributed by atoms with Crippen LogP contribution in [-0.4, -0.2) is 86.0 Å². The molecule has 4 aromatic rings. The summed E-state index contributed by atoms with van der Waals surface area (Å²) in [6.07, 6.45) is 2.92. The number of piperazine rings is 1. The summed E-state index contributed by atoms with van der Waals surface area (Å²) in [6.45, 7) is 12.2. The van der Waals surface area contributed by atoms with Crippen LogP contribution < -0.4 is 10.6 Å². The average Bonchev–Trinajstić information content (AvgIpc) is 3.00. The first-order valence-corrected chi connectivity index (χ1v) is 14.7. The van der Waals surface area contributed by atoms with Crippen LogP contribution >= 0.6 is 0 Å². The number of hydrogen-bond donors (Lipinski definition) is 1. The minimum atomic E-state index is -0.815. The number of phenolic OH excluding ortho intramolecular Hbond substituents is 1. The predicted molar refractivity (Wildman–Crippen MR) is 170 cm³/mol. The minimum absolute atomic E-state index is 0.0472. The van der Waals surface area contributed by atoms with Crippen molar-refractivity contribution in [2.75, 3.05) is 38.6 Å². The Balaban J connectivity index is 1.86. The monoisotopic (exact) mass is 613 g/mol. The fourth-order valence-corrected chi connectivity index (χ4v) is 5.80. The van der Waals surface area contributed by atoms with Crippen molar-refractivity contribution < 1.29 is 19.1 Å². The highest BCUT2D eigenvalue weighted by atomic mass is 19.1. The first-order valence-electron chi connectivity index (χ1n) is 14.7. The predicted octanol–water partition coefficient (Wildman–Crippen LogP) is 4.04. The van der Waals surface area contributed by atoms with E-state index in [1.807, 2.05) is 32.6 Å². The van der Waals surface area contributed by atoms with Crippen molar-refractivity contribution in [2.24, 2.45) is 0 Å². The molecule has 0 radical (unpaired) electrons. The third kappa shape index (κ3) is 5.52. The smallest absolute Gasteiger partial charge is 0.355 e. The van der Waals surface area contributed by atoms with Gasteiger partial charge >= 0.3 is 5.69 Å². The Hall–Kier alpha value is -5.13. The van der Waals surface area contributed by atoms with Crippen molar-refractivity contribution in [3.8, 4) is 22.7 Å². The highest BCUT2D eigenvalue weighted by Crippen LogP contribution is 2.37. The second-order valence-electron chi connectivity index (χ2n) is 11.7. The molecule has 0 saturated carbocycles. The zero-order valence-electron chi connectivity index (χ0n) is 26.2. The van der Waals surface area contributed by atoms with E-state index in [0.29, 0.717) is 31.0 Å². The lowest BCUT2D eigenvalue weighted by Gasteiger charge is -2.40. The molecule has 1 N–H and O–H groups in total. The molecular weight excluding hydrogens is 577 g/mol. The van der Waals surface area contributed by atoms with E-state index < -0.39 is 17.4 Å². The Morgan fingerprint density at radius 2 is 1.91 bits per heavy atom. The molecule has 12 heteroatoms. The molecule has 1 aliphatic heterocycles. The van der Waals surface area contributed by atoms with Gasteiger partial charge in [-0.05, 0) is 55.7 Å². The molecule has 5 rings (SSSR count). The van der Waals surface area contributed by atoms with Crippen molar-refractivity contribution in [1.29, 1.82) is 0 Å². The maximum absolute atomic E-state index is 16.3. The van der Waals surface area contributed by atoms with Crippen LogP contribution in [0, 0.1) is 12.7 Å². The Kier molecular flexibility index (Phi) is 8.42. The van der Waals surface area contributed by atoms with Gasteiger partial charge in [0.05, 0.1) is 27.9 Å². The fraction of sp³-hybridized carbons (Fsp3) is 0.333. The SMILES string of the molecule is C=CC(=O)N1CCN(c2nc(=O)n(-c3c(C)ccnc3C(C)C)c3nc(-c4c(O)cccc4C(=O)N(C)C)c(F)cc23)[C@@H](C)C1. The number of aryl methyl sites for hydroxylation is 1. The number of rotatable bonds is 6. The van der Waals surface area contributed by atoms with E-state index in [2.05, 4.69) is 16.5 Å². The van der Waals surface area contributed by atoms with Gasteiger partial charge in [-0.3, -0.25) is 14.6 Å². The molecule has 3 aromatic heterocycles. The normalized spacial score (nSPS) is 15.1. The summed E-state index contributed by atoms with van der Waals surface area (Å²) in [6, 6.07) is 7.07. The van der Waals surface area contributed by atoms with Gasteiger partial charge in [0, 0.05) is 46.0 Å². The van der Waals surface area contributed by atoms with Gasteiger partial charge in [0.1, 0.15) is 17.3 Å². The van der Waals surface area contributed by atoms with Gasteiger partial charge in [-0.2, -0.15) is 4.98 Å². The van der Waals surface area contributed by atoms with Gasteiger partial charge in [-0.15, -0.1) is 0 Å². The molecule has 1 aliphatic rings. The number of aromatic hydroxyl groups is 1. The zero-order valence-corrected chi connectivity index (χ0v) is 26.2. The van der Waals surface area contributed by atoms with E-state index in [-0.39, 0.29) is 57.3 Å². The summed E-state index contributed by atoms with van der Waals surface area (Å²) in [5.74, 6) is -1.68. The summed E-state index contributed by atoms with van der Waals surface area (Å²) in [7, 11) is 3.11. The van der Waals surface area contributed by atoms with Gasteiger partial charge in [0.25, 0.3) is 5.91 Å². The third-order valence-electron chi connectivity index (χ3n) is 8.03. The van der Waals surface area contributed by atoms with E-state index in [0.717, 1.165) is 5.56 Å². The zero-order chi connectivity index (χ0) is 32.7. The number of nitrogens with zero attached hydrogens (tertiary/aromatic N) is 7. The lowest BCUT2D eigenvalue weighted by atomic mass is 10.0. The average molecular weight is 614 g/mol. The molecular formula is C33H36FN7O4. The van der Waals surface area contributed by atoms with Crippen LogP contribution in [-0.2, 0) is 4.79 Å². The largest absolute Gasteiger partial charge is 0.507 e. The standard InChI is InChI=1S/C33H36FN7O4/c1-8-25(43)39-14-15-40(20(5)17-39)30-22-16-23(34)28(26-21(32(44)38(6)7)10-9-11-24(26)42)36-31(22)41(33(45)37-30)29-19(4)12-13-35-27(29)18(2)3/h8-13,16,18,20,42H,1,14-15,17H2,2-7H3/t20-/m0/s1. The summed E-state index contributed by atoms with van der Waals surface area (Å²) in [5, 5.41) is 11.2. The number of benzene rings is 1. The van der Waals surface area contributed by atoms with Gasteiger partial charge in [0.2, 0.25) is 5.91 Å². The summed E-state index contributed by atoms with van der Waals surface area (Å²) in [4.78, 5) is 58.1. The Morgan fingerprint density at radius 3 is 2.56 bits per heavy atom. The molecule has 45 heavy (non-hydrogen) atoms. The van der Waals surface area contributed by atoms with Crippen molar-refractivity contribution in [2.45, 2.75) is 39.7 Å². The maximum Gasteiger partial charge on any atom is 0.355 e. The van der Waals surface area contributed by atoms with Crippen LogP contribution in [0.15, 0.2) is 54.0 Å². The van der Waals surface area contributed by atoms with E-state index in [4.69, 9.17) is 4.98 Å². The van der Waals surface area contributed by atoms with E-state index in [1.54, 1.807) is 31.3 Å². The molecule has 1 atom stereocenters. The summed E-state index contributed by atoms with van der Waals surface area (Å²) >= 11 is 0. The van der Waals surface area contributed by atoms with Gasteiger partial charge in [-0.25, -0.2) is 18.7 Å². The first kappa shape index (κ1) is 31.3. The summed E-state index contributed by atoms with van der Waals surface area (Å²) < 4.78 is 17.6. The molecule has 2 amide bonds. The second kappa shape index (κ2) is 12.1. The van der Waals surface area contributed by atoms with Crippen molar-refractivity contribution in [1.82, 2.24) is 29.3 Å². The number of phenols is 1. The van der Waals surface area contributed by atoms with E-state index >= 15 is 4.39 Å². The molecule has 0 spiro atoms. The minimum Gasteiger partial charge on any atom is -0.507 e. The Morgan fingerprint density at radius 1 is 1.18 bits per heavy atom. The molecule has 0 unspecified atom stereocenters.